The molecule has 0 unspecified atom stereocenters. The van der Waals surface area contributed by atoms with Crippen LogP contribution in [0, 0.1) is 0 Å². The summed E-state index contributed by atoms with van der Waals surface area (Å²) in [4.78, 5) is 43.4. The molecule has 196 valence electrons. The van der Waals surface area contributed by atoms with Gasteiger partial charge in [-0.2, -0.15) is 0 Å². The molecule has 1 atom stereocenters. The second kappa shape index (κ2) is 12.6. The zero-order valence-electron chi connectivity index (χ0n) is 21.9. The SMILES string of the molecule is CCCCOC(=O)N1CC=C(c2nc(C(=O)N[C@@H](CO[Si](C)(C)C(C)(C)C)C(=O)OC)cs2)CC1. The minimum absolute atomic E-state index is 0.0307. The van der Waals surface area contributed by atoms with Gasteiger partial charge in [0.15, 0.2) is 8.32 Å². The van der Waals surface area contributed by atoms with Gasteiger partial charge in [0.1, 0.15) is 16.7 Å². The van der Waals surface area contributed by atoms with E-state index in [4.69, 9.17) is 13.9 Å². The standard InChI is InChI=1S/C24H39N3O6SSi/c1-8-9-14-32-23(30)27-12-10-17(11-13-27)21-26-19(16-34-21)20(28)25-18(22(29)31-5)15-33-35(6,7)24(2,3)4/h10,16,18H,8-9,11-15H2,1-7H3,(H,25,28)/t18-/m0/s1. The fourth-order valence-corrected chi connectivity index (χ4v) is 4.89. The lowest BCUT2D eigenvalue weighted by atomic mass is 10.1. The molecule has 0 spiro atoms. The van der Waals surface area contributed by atoms with Crippen molar-refractivity contribution in [2.45, 2.75) is 71.1 Å². The molecule has 0 radical (unpaired) electrons. The van der Waals surface area contributed by atoms with Crippen LogP contribution in [-0.4, -0.2) is 75.6 Å². The summed E-state index contributed by atoms with van der Waals surface area (Å²) in [5, 5.41) is 5.07. The monoisotopic (exact) mass is 525 g/mol. The molecule has 35 heavy (non-hydrogen) atoms. The summed E-state index contributed by atoms with van der Waals surface area (Å²) >= 11 is 1.36. The maximum atomic E-state index is 12.9. The van der Waals surface area contributed by atoms with Gasteiger partial charge in [-0.25, -0.2) is 14.6 Å². The van der Waals surface area contributed by atoms with Crippen molar-refractivity contribution in [3.8, 4) is 0 Å². The molecule has 9 nitrogen and oxygen atoms in total. The molecule has 1 N–H and O–H groups in total. The van der Waals surface area contributed by atoms with Crippen molar-refractivity contribution in [1.29, 1.82) is 0 Å². The van der Waals surface area contributed by atoms with Crippen LogP contribution in [0.1, 0.15) is 62.5 Å². The first-order chi connectivity index (χ1) is 16.4. The van der Waals surface area contributed by atoms with E-state index in [-0.39, 0.29) is 23.4 Å². The Hall–Kier alpha value is -2.24. The van der Waals surface area contributed by atoms with Crippen LogP contribution in [0.2, 0.25) is 18.1 Å². The lowest BCUT2D eigenvalue weighted by Gasteiger charge is -2.37. The number of amides is 2. The molecule has 2 heterocycles. The van der Waals surface area contributed by atoms with E-state index in [9.17, 15) is 14.4 Å². The van der Waals surface area contributed by atoms with Gasteiger partial charge in [-0.15, -0.1) is 11.3 Å². The number of hydrogen-bond donors (Lipinski definition) is 1. The fraction of sp³-hybridized carbons (Fsp3) is 0.667. The van der Waals surface area contributed by atoms with Crippen molar-refractivity contribution >= 4 is 43.2 Å². The van der Waals surface area contributed by atoms with Gasteiger partial charge in [-0.1, -0.05) is 40.2 Å². The second-order valence-corrected chi connectivity index (χ2v) is 15.7. The Morgan fingerprint density at radius 2 is 2.00 bits per heavy atom. The highest BCUT2D eigenvalue weighted by Crippen LogP contribution is 2.36. The summed E-state index contributed by atoms with van der Waals surface area (Å²) < 4.78 is 16.3. The van der Waals surface area contributed by atoms with Gasteiger partial charge in [0.2, 0.25) is 0 Å². The van der Waals surface area contributed by atoms with Crippen molar-refractivity contribution in [2.75, 3.05) is 33.4 Å². The van der Waals surface area contributed by atoms with E-state index in [1.807, 2.05) is 13.0 Å². The summed E-state index contributed by atoms with van der Waals surface area (Å²) in [6.45, 7) is 14.0. The first-order valence-electron chi connectivity index (χ1n) is 12.0. The van der Waals surface area contributed by atoms with Crippen LogP contribution in [0.5, 0.6) is 0 Å². The van der Waals surface area contributed by atoms with E-state index in [1.54, 1.807) is 10.3 Å². The summed E-state index contributed by atoms with van der Waals surface area (Å²) in [5.74, 6) is -1.02. The summed E-state index contributed by atoms with van der Waals surface area (Å²) in [6.07, 6.45) is 4.09. The number of unbranched alkanes of at least 4 members (excludes halogenated alkanes) is 1. The number of rotatable bonds is 10. The molecule has 2 rings (SSSR count). The van der Waals surface area contributed by atoms with E-state index in [1.165, 1.54) is 18.4 Å². The van der Waals surface area contributed by atoms with E-state index in [2.05, 4.69) is 44.2 Å². The predicted octanol–water partition coefficient (Wildman–Crippen LogP) is 4.46. The first kappa shape index (κ1) is 29.0. The number of carbonyl (C=O) groups is 3. The Labute approximate surface area is 213 Å². The van der Waals surface area contributed by atoms with Crippen LogP contribution < -0.4 is 5.32 Å². The molecule has 1 aromatic heterocycles. The molecule has 0 saturated heterocycles. The Balaban J connectivity index is 2.00. The lowest BCUT2D eigenvalue weighted by molar-refractivity contribution is -0.143. The minimum Gasteiger partial charge on any atom is -0.467 e. The van der Waals surface area contributed by atoms with Gasteiger partial charge < -0.3 is 24.1 Å². The normalized spacial score (nSPS) is 15.3. The van der Waals surface area contributed by atoms with Crippen LogP contribution in [0.4, 0.5) is 4.79 Å². The molecular weight excluding hydrogens is 486 g/mol. The molecule has 0 aliphatic carbocycles. The van der Waals surface area contributed by atoms with Gasteiger partial charge in [-0.3, -0.25) is 4.79 Å². The van der Waals surface area contributed by atoms with Gasteiger partial charge in [0, 0.05) is 18.5 Å². The minimum atomic E-state index is -2.12. The third-order valence-electron chi connectivity index (χ3n) is 6.41. The second-order valence-electron chi connectivity index (χ2n) is 10.1. The van der Waals surface area contributed by atoms with Gasteiger partial charge in [0.25, 0.3) is 5.91 Å². The number of ether oxygens (including phenoxy) is 2. The maximum absolute atomic E-state index is 12.9. The summed E-state index contributed by atoms with van der Waals surface area (Å²) in [6, 6.07) is -0.923. The van der Waals surface area contributed by atoms with Crippen molar-refractivity contribution in [1.82, 2.24) is 15.2 Å². The molecule has 0 saturated carbocycles. The molecule has 1 aromatic rings. The Morgan fingerprint density at radius 1 is 1.29 bits per heavy atom. The topological polar surface area (TPSA) is 107 Å². The number of aromatic nitrogens is 1. The Morgan fingerprint density at radius 3 is 2.57 bits per heavy atom. The summed E-state index contributed by atoms with van der Waals surface area (Å²) in [5.41, 5.74) is 1.21. The highest BCUT2D eigenvalue weighted by molar-refractivity contribution is 7.11. The molecule has 0 aromatic carbocycles. The third-order valence-corrected chi connectivity index (χ3v) is 11.8. The Kier molecular flexibility index (Phi) is 10.5. The highest BCUT2D eigenvalue weighted by Gasteiger charge is 2.38. The summed E-state index contributed by atoms with van der Waals surface area (Å²) in [7, 11) is -0.831. The van der Waals surface area contributed by atoms with Crippen LogP contribution in [0.25, 0.3) is 5.57 Å². The highest BCUT2D eigenvalue weighted by atomic mass is 32.1. The average Bonchev–Trinajstić information content (AvgIpc) is 3.31. The first-order valence-corrected chi connectivity index (χ1v) is 15.8. The number of carbonyl (C=O) groups excluding carboxylic acids is 3. The van der Waals surface area contributed by atoms with Gasteiger partial charge in [-0.05, 0) is 36.5 Å². The number of thiazole rings is 1. The molecule has 0 fully saturated rings. The van der Waals surface area contributed by atoms with Crippen molar-refractivity contribution in [3.05, 3.63) is 22.2 Å². The van der Waals surface area contributed by atoms with Crippen LogP contribution >= 0.6 is 11.3 Å². The molecule has 0 bridgehead atoms. The van der Waals surface area contributed by atoms with Crippen molar-refractivity contribution in [3.63, 3.8) is 0 Å². The quantitative estimate of drug-likeness (QED) is 0.273. The maximum Gasteiger partial charge on any atom is 0.410 e. The van der Waals surface area contributed by atoms with Crippen molar-refractivity contribution < 1.29 is 28.3 Å². The zero-order chi connectivity index (χ0) is 26.2. The number of hydrogen-bond acceptors (Lipinski definition) is 8. The van der Waals surface area contributed by atoms with E-state index in [0.29, 0.717) is 26.1 Å². The average molecular weight is 526 g/mol. The van der Waals surface area contributed by atoms with E-state index in [0.717, 1.165) is 23.4 Å². The fourth-order valence-electron chi connectivity index (χ4n) is 3.00. The van der Waals surface area contributed by atoms with Crippen LogP contribution in [-0.2, 0) is 18.7 Å². The Bertz CT molecular complexity index is 925. The van der Waals surface area contributed by atoms with Crippen LogP contribution in [0.3, 0.4) is 0 Å². The van der Waals surface area contributed by atoms with Crippen LogP contribution in [0.15, 0.2) is 11.5 Å². The number of nitrogens with zero attached hydrogens (tertiary/aromatic N) is 2. The molecule has 1 aliphatic heterocycles. The van der Waals surface area contributed by atoms with E-state index < -0.39 is 26.2 Å². The van der Waals surface area contributed by atoms with Gasteiger partial charge >= 0.3 is 12.1 Å². The molecular formula is C24H39N3O6SSi. The van der Waals surface area contributed by atoms with Gasteiger partial charge in [0.05, 0.1) is 20.3 Å². The predicted molar refractivity (Wildman–Crippen MR) is 139 cm³/mol. The zero-order valence-corrected chi connectivity index (χ0v) is 23.8. The number of methoxy groups -OCH3 is 1. The molecule has 2 amide bonds. The molecule has 1 aliphatic rings. The van der Waals surface area contributed by atoms with Crippen molar-refractivity contribution in [2.24, 2.45) is 0 Å². The number of nitrogens with one attached hydrogen (secondary N) is 1. The lowest BCUT2D eigenvalue weighted by Crippen LogP contribution is -2.49. The third kappa shape index (κ3) is 8.15. The smallest absolute Gasteiger partial charge is 0.410 e. The molecule has 11 heteroatoms. The number of esters is 1. The van der Waals surface area contributed by atoms with E-state index >= 15 is 0 Å². The largest absolute Gasteiger partial charge is 0.467 e.